The van der Waals surface area contributed by atoms with E-state index in [9.17, 15) is 8.78 Å². The zero-order valence-corrected chi connectivity index (χ0v) is 10.2. The number of hydrogen-bond acceptors (Lipinski definition) is 1. The van der Waals surface area contributed by atoms with Gasteiger partial charge in [0.1, 0.15) is 5.54 Å². The molecule has 3 heteroatoms. The van der Waals surface area contributed by atoms with Crippen molar-refractivity contribution < 1.29 is 8.78 Å². The maximum absolute atomic E-state index is 13.0. The van der Waals surface area contributed by atoms with E-state index in [1.807, 2.05) is 12.1 Å². The summed E-state index contributed by atoms with van der Waals surface area (Å²) in [6.07, 6.45) is -2.43. The van der Waals surface area contributed by atoms with E-state index >= 15 is 0 Å². The van der Waals surface area contributed by atoms with Gasteiger partial charge in [-0.25, -0.2) is 8.78 Å². The summed E-state index contributed by atoms with van der Waals surface area (Å²) < 4.78 is 25.9. The molecule has 1 atom stereocenters. The third-order valence-corrected chi connectivity index (χ3v) is 3.13. The number of hydrogen-bond donors (Lipinski definition) is 1. The standard InChI is InChI=1S/C13H19F2N/c1-9(2)10-5-7-11(8-6-10)13(3,16-4)12(14)15/h5-9,12,16H,1-4H3. The summed E-state index contributed by atoms with van der Waals surface area (Å²) in [5.74, 6) is 0.418. The molecule has 16 heavy (non-hydrogen) atoms. The summed E-state index contributed by atoms with van der Waals surface area (Å²) >= 11 is 0. The zero-order valence-electron chi connectivity index (χ0n) is 10.2. The Hall–Kier alpha value is -0.960. The van der Waals surface area contributed by atoms with Gasteiger partial charge in [0.2, 0.25) is 0 Å². The molecule has 1 nitrogen and oxygen atoms in total. The molecule has 1 aromatic rings. The predicted molar refractivity (Wildman–Crippen MR) is 62.9 cm³/mol. The van der Waals surface area contributed by atoms with Crippen LogP contribution < -0.4 is 5.32 Å². The molecule has 0 spiro atoms. The summed E-state index contributed by atoms with van der Waals surface area (Å²) in [5.41, 5.74) is 0.515. The molecule has 0 bridgehead atoms. The van der Waals surface area contributed by atoms with Crippen LogP contribution in [0.5, 0.6) is 0 Å². The Kier molecular flexibility index (Phi) is 4.03. The van der Waals surface area contributed by atoms with E-state index in [0.717, 1.165) is 5.56 Å². The van der Waals surface area contributed by atoms with Crippen molar-refractivity contribution in [2.45, 2.75) is 38.7 Å². The minimum absolute atomic E-state index is 0.418. The normalized spacial score (nSPS) is 15.5. The summed E-state index contributed by atoms with van der Waals surface area (Å²) in [6.45, 7) is 5.68. The van der Waals surface area contributed by atoms with Gasteiger partial charge in [0, 0.05) is 0 Å². The lowest BCUT2D eigenvalue weighted by Crippen LogP contribution is -2.43. The van der Waals surface area contributed by atoms with Gasteiger partial charge in [0.05, 0.1) is 0 Å². The van der Waals surface area contributed by atoms with Gasteiger partial charge in [0.25, 0.3) is 6.43 Å². The smallest absolute Gasteiger partial charge is 0.260 e. The molecule has 1 aromatic carbocycles. The molecule has 0 saturated carbocycles. The molecule has 0 aromatic heterocycles. The van der Waals surface area contributed by atoms with E-state index < -0.39 is 12.0 Å². The summed E-state index contributed by atoms with van der Waals surface area (Å²) in [5, 5.41) is 2.69. The Balaban J connectivity index is 3.04. The van der Waals surface area contributed by atoms with Crippen LogP contribution in [0.15, 0.2) is 24.3 Å². The van der Waals surface area contributed by atoms with Gasteiger partial charge >= 0.3 is 0 Å². The van der Waals surface area contributed by atoms with Gasteiger partial charge in [0.15, 0.2) is 0 Å². The van der Waals surface area contributed by atoms with Crippen molar-refractivity contribution >= 4 is 0 Å². The summed E-state index contributed by atoms with van der Waals surface area (Å²) in [4.78, 5) is 0. The Bertz CT molecular complexity index is 332. The van der Waals surface area contributed by atoms with Gasteiger partial charge in [-0.1, -0.05) is 38.1 Å². The lowest BCUT2D eigenvalue weighted by Gasteiger charge is -2.29. The van der Waals surface area contributed by atoms with Crippen LogP contribution in [0.25, 0.3) is 0 Å². The predicted octanol–water partition coefficient (Wildman–Crippen LogP) is 3.51. The molecule has 0 amide bonds. The van der Waals surface area contributed by atoms with Crippen LogP contribution in [0.3, 0.4) is 0 Å². The molecule has 1 N–H and O–H groups in total. The first kappa shape index (κ1) is 13.1. The van der Waals surface area contributed by atoms with Crippen molar-refractivity contribution in [3.8, 4) is 0 Å². The zero-order chi connectivity index (χ0) is 12.3. The fourth-order valence-electron chi connectivity index (χ4n) is 1.59. The quantitative estimate of drug-likeness (QED) is 0.830. The molecular formula is C13H19F2N. The van der Waals surface area contributed by atoms with Gasteiger partial charge in [-0.15, -0.1) is 0 Å². The number of benzene rings is 1. The first-order valence-electron chi connectivity index (χ1n) is 5.49. The van der Waals surface area contributed by atoms with Crippen molar-refractivity contribution in [3.63, 3.8) is 0 Å². The van der Waals surface area contributed by atoms with Crippen molar-refractivity contribution in [1.82, 2.24) is 5.32 Å². The highest BCUT2D eigenvalue weighted by atomic mass is 19.3. The summed E-state index contributed by atoms with van der Waals surface area (Å²) in [7, 11) is 1.56. The second-order valence-electron chi connectivity index (χ2n) is 4.53. The minimum atomic E-state index is -2.43. The van der Waals surface area contributed by atoms with Crippen molar-refractivity contribution in [2.75, 3.05) is 7.05 Å². The number of nitrogens with one attached hydrogen (secondary N) is 1. The first-order chi connectivity index (χ1) is 7.41. The SMILES string of the molecule is CNC(C)(c1ccc(C(C)C)cc1)C(F)F. The second-order valence-corrected chi connectivity index (χ2v) is 4.53. The van der Waals surface area contributed by atoms with E-state index in [2.05, 4.69) is 19.2 Å². The molecule has 0 aliphatic rings. The fraction of sp³-hybridized carbons (Fsp3) is 0.538. The Labute approximate surface area is 95.9 Å². The van der Waals surface area contributed by atoms with Crippen LogP contribution in [-0.2, 0) is 5.54 Å². The molecule has 90 valence electrons. The van der Waals surface area contributed by atoms with Crippen LogP contribution in [0.1, 0.15) is 37.8 Å². The first-order valence-corrected chi connectivity index (χ1v) is 5.49. The largest absolute Gasteiger partial charge is 0.306 e. The fourth-order valence-corrected chi connectivity index (χ4v) is 1.59. The van der Waals surface area contributed by atoms with Crippen LogP contribution >= 0.6 is 0 Å². The molecule has 1 rings (SSSR count). The number of rotatable bonds is 4. The van der Waals surface area contributed by atoms with Crippen molar-refractivity contribution in [3.05, 3.63) is 35.4 Å². The Morgan fingerprint density at radius 1 is 1.12 bits per heavy atom. The van der Waals surface area contributed by atoms with E-state index in [4.69, 9.17) is 0 Å². The van der Waals surface area contributed by atoms with E-state index in [1.54, 1.807) is 19.2 Å². The van der Waals surface area contributed by atoms with E-state index in [-0.39, 0.29) is 0 Å². The maximum atomic E-state index is 13.0. The van der Waals surface area contributed by atoms with Gasteiger partial charge in [-0.2, -0.15) is 0 Å². The molecule has 0 saturated heterocycles. The molecule has 0 heterocycles. The monoisotopic (exact) mass is 227 g/mol. The summed E-state index contributed by atoms with van der Waals surface area (Å²) in [6, 6.07) is 7.38. The third kappa shape index (κ3) is 2.40. The second kappa shape index (κ2) is 4.91. The number of alkyl halides is 2. The van der Waals surface area contributed by atoms with Crippen LogP contribution in [0.4, 0.5) is 8.78 Å². The van der Waals surface area contributed by atoms with Crippen LogP contribution in [-0.4, -0.2) is 13.5 Å². The average Bonchev–Trinajstić information content (AvgIpc) is 2.27. The van der Waals surface area contributed by atoms with Gasteiger partial charge in [-0.3, -0.25) is 0 Å². The molecule has 0 fully saturated rings. The Morgan fingerprint density at radius 3 is 1.94 bits per heavy atom. The molecule has 0 aliphatic heterocycles. The Morgan fingerprint density at radius 2 is 1.62 bits per heavy atom. The molecule has 0 radical (unpaired) electrons. The minimum Gasteiger partial charge on any atom is -0.306 e. The van der Waals surface area contributed by atoms with Crippen LogP contribution in [0, 0.1) is 0 Å². The average molecular weight is 227 g/mol. The van der Waals surface area contributed by atoms with Crippen LogP contribution in [0.2, 0.25) is 0 Å². The lowest BCUT2D eigenvalue weighted by molar-refractivity contribution is 0.0432. The van der Waals surface area contributed by atoms with E-state index in [1.165, 1.54) is 6.92 Å². The number of halogens is 2. The maximum Gasteiger partial charge on any atom is 0.260 e. The van der Waals surface area contributed by atoms with Crippen molar-refractivity contribution in [2.24, 2.45) is 0 Å². The van der Waals surface area contributed by atoms with Crippen molar-refractivity contribution in [1.29, 1.82) is 0 Å². The lowest BCUT2D eigenvalue weighted by atomic mass is 9.90. The topological polar surface area (TPSA) is 12.0 Å². The molecule has 1 unspecified atom stereocenters. The highest BCUT2D eigenvalue weighted by molar-refractivity contribution is 5.30. The third-order valence-electron chi connectivity index (χ3n) is 3.13. The highest BCUT2D eigenvalue weighted by Crippen LogP contribution is 2.28. The van der Waals surface area contributed by atoms with Gasteiger partial charge in [-0.05, 0) is 31.0 Å². The molecule has 0 aliphatic carbocycles. The highest BCUT2D eigenvalue weighted by Gasteiger charge is 2.34. The van der Waals surface area contributed by atoms with Gasteiger partial charge < -0.3 is 5.32 Å². The molecular weight excluding hydrogens is 208 g/mol. The van der Waals surface area contributed by atoms with E-state index in [0.29, 0.717) is 11.5 Å².